The van der Waals surface area contributed by atoms with Crippen LogP contribution in [0.3, 0.4) is 0 Å². The molecule has 20 heavy (non-hydrogen) atoms. The summed E-state index contributed by atoms with van der Waals surface area (Å²) in [5, 5.41) is 21.9. The smallest absolute Gasteiger partial charge is 0.126 e. The number of pyridine rings is 1. The molecule has 2 N–H and O–H groups in total. The van der Waals surface area contributed by atoms with Gasteiger partial charge in [0.05, 0.1) is 17.7 Å². The second-order valence-electron chi connectivity index (χ2n) is 4.47. The van der Waals surface area contributed by atoms with Crippen molar-refractivity contribution in [2.45, 2.75) is 19.1 Å². The Bertz CT molecular complexity index is 605. The Morgan fingerprint density at radius 1 is 1.25 bits per heavy atom. The van der Waals surface area contributed by atoms with Gasteiger partial charge in [0.2, 0.25) is 0 Å². The molecule has 0 aliphatic rings. The molecule has 5 heteroatoms. The zero-order chi connectivity index (χ0) is 14.5. The Morgan fingerprint density at radius 2 is 1.95 bits per heavy atom. The molecule has 1 heterocycles. The molecule has 0 aliphatic heterocycles. The van der Waals surface area contributed by atoms with Gasteiger partial charge in [0.15, 0.2) is 0 Å². The van der Waals surface area contributed by atoms with E-state index in [1.165, 1.54) is 18.3 Å². The number of aliphatic hydroxyl groups excluding tert-OH is 1. The van der Waals surface area contributed by atoms with E-state index in [9.17, 15) is 9.50 Å². The molecule has 0 spiro atoms. The largest absolute Gasteiger partial charge is 0.386 e. The molecule has 0 unspecified atom stereocenters. The van der Waals surface area contributed by atoms with Crippen LogP contribution in [0, 0.1) is 17.1 Å². The molecule has 0 saturated carbocycles. The molecule has 0 bridgehead atoms. The number of rotatable bonds is 4. The maximum atomic E-state index is 12.8. The van der Waals surface area contributed by atoms with Crippen molar-refractivity contribution in [1.29, 1.82) is 5.26 Å². The van der Waals surface area contributed by atoms with E-state index in [0.717, 1.165) is 0 Å². The molecule has 102 valence electrons. The van der Waals surface area contributed by atoms with Crippen molar-refractivity contribution in [3.63, 3.8) is 0 Å². The molecule has 1 aromatic heterocycles. The summed E-state index contributed by atoms with van der Waals surface area (Å²) in [5.74, 6) is 0.230. The van der Waals surface area contributed by atoms with Gasteiger partial charge in [-0.25, -0.2) is 9.37 Å². The summed E-state index contributed by atoms with van der Waals surface area (Å²) in [7, 11) is 0. The van der Waals surface area contributed by atoms with Gasteiger partial charge in [0, 0.05) is 6.20 Å². The topological polar surface area (TPSA) is 68.9 Å². The van der Waals surface area contributed by atoms with E-state index in [2.05, 4.69) is 10.3 Å². The lowest BCUT2D eigenvalue weighted by atomic mass is 10.0. The highest BCUT2D eigenvalue weighted by Gasteiger charge is 2.16. The first-order chi connectivity index (χ1) is 9.60. The Morgan fingerprint density at radius 3 is 2.50 bits per heavy atom. The van der Waals surface area contributed by atoms with Crippen LogP contribution in [0.5, 0.6) is 0 Å². The minimum Gasteiger partial charge on any atom is -0.386 e. The van der Waals surface area contributed by atoms with Crippen molar-refractivity contribution < 1.29 is 9.50 Å². The summed E-state index contributed by atoms with van der Waals surface area (Å²) in [6.45, 7) is 1.80. The van der Waals surface area contributed by atoms with E-state index in [-0.39, 0.29) is 11.9 Å². The molecule has 4 nitrogen and oxygen atoms in total. The number of halogens is 1. The molecule has 0 fully saturated rings. The Labute approximate surface area is 116 Å². The Hall–Kier alpha value is -2.45. The van der Waals surface area contributed by atoms with Crippen LogP contribution in [0.1, 0.15) is 24.2 Å². The average molecular weight is 271 g/mol. The van der Waals surface area contributed by atoms with Gasteiger partial charge in [0.25, 0.3) is 0 Å². The van der Waals surface area contributed by atoms with E-state index in [1.807, 2.05) is 6.07 Å². The molecule has 0 saturated heterocycles. The number of nitrogens with one attached hydrogen (secondary N) is 1. The van der Waals surface area contributed by atoms with Crippen molar-refractivity contribution in [2.24, 2.45) is 0 Å². The molecule has 0 radical (unpaired) electrons. The first kappa shape index (κ1) is 14.0. The van der Waals surface area contributed by atoms with Gasteiger partial charge >= 0.3 is 0 Å². The maximum absolute atomic E-state index is 12.8. The third-order valence-electron chi connectivity index (χ3n) is 2.95. The molecule has 0 aliphatic carbocycles. The summed E-state index contributed by atoms with van der Waals surface area (Å²) in [6.07, 6.45) is 0.673. The van der Waals surface area contributed by atoms with Crippen molar-refractivity contribution in [1.82, 2.24) is 4.98 Å². The number of hydrogen-bond donors (Lipinski definition) is 2. The fourth-order valence-corrected chi connectivity index (χ4v) is 1.81. The lowest BCUT2D eigenvalue weighted by molar-refractivity contribution is 0.160. The molecular weight excluding hydrogens is 257 g/mol. The van der Waals surface area contributed by atoms with Crippen LogP contribution in [0.25, 0.3) is 0 Å². The van der Waals surface area contributed by atoms with Crippen LogP contribution in [0.4, 0.5) is 10.2 Å². The van der Waals surface area contributed by atoms with Gasteiger partial charge in [-0.2, -0.15) is 5.26 Å². The number of anilines is 1. The standard InChI is InChI=1S/C15H14FN3O/c1-10(15(20)12-3-5-13(16)6-4-12)19-14-7-2-11(8-17)9-18-14/h2-7,9-10,15,20H,1H3,(H,18,19)/t10-,15-/m1/s1. The second kappa shape index (κ2) is 6.13. The van der Waals surface area contributed by atoms with E-state index in [0.29, 0.717) is 16.9 Å². The second-order valence-corrected chi connectivity index (χ2v) is 4.47. The van der Waals surface area contributed by atoms with Crippen molar-refractivity contribution >= 4 is 5.82 Å². The number of nitrogens with zero attached hydrogens (tertiary/aromatic N) is 2. The van der Waals surface area contributed by atoms with Crippen LogP contribution in [0.2, 0.25) is 0 Å². The summed E-state index contributed by atoms with van der Waals surface area (Å²) in [4.78, 5) is 4.07. The third kappa shape index (κ3) is 3.31. The fraction of sp³-hybridized carbons (Fsp3) is 0.200. The lowest BCUT2D eigenvalue weighted by Gasteiger charge is -2.21. The van der Waals surface area contributed by atoms with Crippen molar-refractivity contribution in [2.75, 3.05) is 5.32 Å². The van der Waals surface area contributed by atoms with Crippen molar-refractivity contribution in [3.8, 4) is 6.07 Å². The average Bonchev–Trinajstić information content (AvgIpc) is 2.48. The quantitative estimate of drug-likeness (QED) is 0.897. The van der Waals surface area contributed by atoms with E-state index in [1.54, 1.807) is 31.2 Å². The van der Waals surface area contributed by atoms with Gasteiger partial charge in [-0.05, 0) is 36.8 Å². The number of nitriles is 1. The van der Waals surface area contributed by atoms with E-state index in [4.69, 9.17) is 5.26 Å². The van der Waals surface area contributed by atoms with E-state index < -0.39 is 6.10 Å². The number of hydrogen-bond acceptors (Lipinski definition) is 4. The zero-order valence-electron chi connectivity index (χ0n) is 10.9. The molecule has 1 aromatic carbocycles. The molecular formula is C15H14FN3O. The van der Waals surface area contributed by atoms with E-state index >= 15 is 0 Å². The predicted molar refractivity (Wildman–Crippen MR) is 73.4 cm³/mol. The summed E-state index contributed by atoms with van der Waals surface area (Å²) in [5.41, 5.74) is 1.10. The van der Waals surface area contributed by atoms with Crippen molar-refractivity contribution in [3.05, 3.63) is 59.5 Å². The highest BCUT2D eigenvalue weighted by Crippen LogP contribution is 2.19. The molecule has 2 aromatic rings. The first-order valence-corrected chi connectivity index (χ1v) is 6.16. The minimum absolute atomic E-state index is 0.305. The number of aliphatic hydroxyl groups is 1. The highest BCUT2D eigenvalue weighted by molar-refractivity contribution is 5.40. The zero-order valence-corrected chi connectivity index (χ0v) is 10.9. The number of aromatic nitrogens is 1. The molecule has 0 amide bonds. The SMILES string of the molecule is C[C@@H](Nc1ccc(C#N)cn1)[C@@H](O)c1ccc(F)cc1. The first-order valence-electron chi connectivity index (χ1n) is 6.16. The third-order valence-corrected chi connectivity index (χ3v) is 2.95. The van der Waals surface area contributed by atoms with Gasteiger partial charge < -0.3 is 10.4 Å². The molecule has 2 atom stereocenters. The fourth-order valence-electron chi connectivity index (χ4n) is 1.81. The van der Waals surface area contributed by atoms with Gasteiger partial charge in [-0.1, -0.05) is 12.1 Å². The van der Waals surface area contributed by atoms with Crippen LogP contribution < -0.4 is 5.32 Å². The van der Waals surface area contributed by atoms with Gasteiger partial charge in [-0.3, -0.25) is 0 Å². The van der Waals surface area contributed by atoms with Crippen LogP contribution in [-0.4, -0.2) is 16.1 Å². The van der Waals surface area contributed by atoms with Crippen LogP contribution >= 0.6 is 0 Å². The van der Waals surface area contributed by atoms with Gasteiger partial charge in [-0.15, -0.1) is 0 Å². The Balaban J connectivity index is 2.05. The Kier molecular flexibility index (Phi) is 4.28. The highest BCUT2D eigenvalue weighted by atomic mass is 19.1. The minimum atomic E-state index is -0.784. The van der Waals surface area contributed by atoms with Gasteiger partial charge in [0.1, 0.15) is 17.7 Å². The normalized spacial score (nSPS) is 13.3. The predicted octanol–water partition coefficient (Wildman–Crippen LogP) is 2.63. The summed E-state index contributed by atoms with van der Waals surface area (Å²) >= 11 is 0. The lowest BCUT2D eigenvalue weighted by Crippen LogP contribution is -2.24. The summed E-state index contributed by atoms with van der Waals surface area (Å²) in [6, 6.07) is 10.7. The van der Waals surface area contributed by atoms with Crippen LogP contribution in [0.15, 0.2) is 42.6 Å². The number of benzene rings is 1. The maximum Gasteiger partial charge on any atom is 0.126 e. The molecule has 2 rings (SSSR count). The van der Waals surface area contributed by atoms with Crippen LogP contribution in [-0.2, 0) is 0 Å². The summed E-state index contributed by atoms with van der Waals surface area (Å²) < 4.78 is 12.8. The monoisotopic (exact) mass is 271 g/mol.